The first kappa shape index (κ1) is 14.8. The maximum absolute atomic E-state index is 12.6. The van der Waals surface area contributed by atoms with Gasteiger partial charge in [-0.15, -0.1) is 0 Å². The predicted molar refractivity (Wildman–Crippen MR) is 88.6 cm³/mol. The molecule has 0 spiro atoms. The lowest BCUT2D eigenvalue weighted by molar-refractivity contribution is 0.103. The third-order valence-corrected chi connectivity index (χ3v) is 5.16. The van der Waals surface area contributed by atoms with Crippen LogP contribution in [0.15, 0.2) is 43.7 Å². The molecule has 0 fully saturated rings. The highest BCUT2D eigenvalue weighted by atomic mass is 79.9. The first-order valence-electron chi connectivity index (χ1n) is 5.46. The van der Waals surface area contributed by atoms with Crippen molar-refractivity contribution in [3.63, 3.8) is 0 Å². The third-order valence-electron chi connectivity index (χ3n) is 2.77. The summed E-state index contributed by atoms with van der Waals surface area (Å²) in [5.74, 6) is -0.0771. The second-order valence-electron chi connectivity index (χ2n) is 4.12. The van der Waals surface area contributed by atoms with Crippen molar-refractivity contribution >= 4 is 59.3 Å². The lowest BCUT2D eigenvalue weighted by Gasteiger charge is -2.09. The molecule has 98 valence electrons. The highest BCUT2D eigenvalue weighted by Gasteiger charge is 2.17. The molecule has 0 unspecified atom stereocenters. The van der Waals surface area contributed by atoms with Crippen molar-refractivity contribution in [1.29, 1.82) is 0 Å². The van der Waals surface area contributed by atoms with E-state index in [1.165, 1.54) is 0 Å². The molecule has 0 atom stereocenters. The van der Waals surface area contributed by atoms with Gasteiger partial charge < -0.3 is 5.73 Å². The molecule has 0 aliphatic carbocycles. The standard InChI is InChI=1S/C14H10Br3NO/c1-7-5-11(16)9(6-10(7)15)14(19)8-3-2-4-12(18)13(8)17/h2-6H,18H2,1H3. The molecule has 2 nitrogen and oxygen atoms in total. The monoisotopic (exact) mass is 445 g/mol. The Kier molecular flexibility index (Phi) is 4.48. The largest absolute Gasteiger partial charge is 0.398 e. The smallest absolute Gasteiger partial charge is 0.195 e. The molecule has 2 N–H and O–H groups in total. The predicted octanol–water partition coefficient (Wildman–Crippen LogP) is 5.10. The van der Waals surface area contributed by atoms with Gasteiger partial charge >= 0.3 is 0 Å². The minimum absolute atomic E-state index is 0.0771. The number of hydrogen-bond donors (Lipinski definition) is 1. The molecule has 2 aromatic carbocycles. The van der Waals surface area contributed by atoms with E-state index in [1.807, 2.05) is 19.1 Å². The molecule has 0 amide bonds. The highest BCUT2D eigenvalue weighted by molar-refractivity contribution is 9.11. The van der Waals surface area contributed by atoms with Crippen molar-refractivity contribution in [2.24, 2.45) is 0 Å². The van der Waals surface area contributed by atoms with Crippen LogP contribution in [-0.4, -0.2) is 5.78 Å². The molecular weight excluding hydrogens is 438 g/mol. The van der Waals surface area contributed by atoms with Crippen LogP contribution in [0.1, 0.15) is 21.5 Å². The van der Waals surface area contributed by atoms with Gasteiger partial charge in [-0.25, -0.2) is 0 Å². The molecule has 0 aliphatic rings. The maximum Gasteiger partial charge on any atom is 0.195 e. The van der Waals surface area contributed by atoms with Gasteiger partial charge in [0.2, 0.25) is 0 Å². The molecule has 5 heteroatoms. The number of nitrogens with two attached hydrogens (primary N) is 1. The lowest BCUT2D eigenvalue weighted by atomic mass is 10.0. The van der Waals surface area contributed by atoms with Crippen molar-refractivity contribution in [2.75, 3.05) is 5.73 Å². The number of anilines is 1. The van der Waals surface area contributed by atoms with E-state index in [1.54, 1.807) is 18.2 Å². The zero-order valence-electron chi connectivity index (χ0n) is 10.0. The fraction of sp³-hybridized carbons (Fsp3) is 0.0714. The minimum atomic E-state index is -0.0771. The zero-order chi connectivity index (χ0) is 14.2. The van der Waals surface area contributed by atoms with E-state index >= 15 is 0 Å². The van der Waals surface area contributed by atoms with E-state index in [0.717, 1.165) is 14.5 Å². The molecule has 0 aromatic heterocycles. The summed E-state index contributed by atoms with van der Waals surface area (Å²) in [7, 11) is 0. The average Bonchev–Trinajstić information content (AvgIpc) is 2.36. The maximum atomic E-state index is 12.6. The van der Waals surface area contributed by atoms with Crippen LogP contribution in [0.5, 0.6) is 0 Å². The summed E-state index contributed by atoms with van der Waals surface area (Å²) in [5, 5.41) is 0. The summed E-state index contributed by atoms with van der Waals surface area (Å²) < 4.78 is 2.30. The van der Waals surface area contributed by atoms with Crippen molar-refractivity contribution in [3.05, 3.63) is 60.4 Å². The van der Waals surface area contributed by atoms with Crippen LogP contribution >= 0.6 is 47.8 Å². The van der Waals surface area contributed by atoms with E-state index in [-0.39, 0.29) is 5.78 Å². The Bertz CT molecular complexity index is 668. The summed E-state index contributed by atoms with van der Waals surface area (Å²) >= 11 is 10.2. The third kappa shape index (κ3) is 2.93. The Hall–Kier alpha value is -0.650. The number of hydrogen-bond acceptors (Lipinski definition) is 2. The van der Waals surface area contributed by atoms with Crippen LogP contribution in [0.2, 0.25) is 0 Å². The van der Waals surface area contributed by atoms with Crippen LogP contribution in [0.25, 0.3) is 0 Å². The SMILES string of the molecule is Cc1cc(Br)c(C(=O)c2cccc(N)c2Br)cc1Br. The molecular formula is C14H10Br3NO. The highest BCUT2D eigenvalue weighted by Crippen LogP contribution is 2.31. The molecule has 2 rings (SSSR count). The van der Waals surface area contributed by atoms with Gasteiger partial charge in [0.15, 0.2) is 5.78 Å². The normalized spacial score (nSPS) is 10.5. The molecule has 0 bridgehead atoms. The number of aryl methyl sites for hydroxylation is 1. The fourth-order valence-corrected chi connectivity index (χ4v) is 3.12. The summed E-state index contributed by atoms with van der Waals surface area (Å²) in [6.45, 7) is 1.97. The summed E-state index contributed by atoms with van der Waals surface area (Å²) in [6, 6.07) is 9.00. The van der Waals surface area contributed by atoms with Crippen LogP contribution in [0.3, 0.4) is 0 Å². The van der Waals surface area contributed by atoms with Gasteiger partial charge in [0, 0.05) is 25.8 Å². The number of carbonyl (C=O) groups excluding carboxylic acids is 1. The Balaban J connectivity index is 2.56. The number of benzene rings is 2. The van der Waals surface area contributed by atoms with Crippen molar-refractivity contribution in [2.45, 2.75) is 6.92 Å². The van der Waals surface area contributed by atoms with Crippen LogP contribution in [0, 0.1) is 6.92 Å². The van der Waals surface area contributed by atoms with Gasteiger partial charge in [-0.1, -0.05) is 37.9 Å². The number of nitrogen functional groups attached to an aromatic ring is 1. The fourth-order valence-electron chi connectivity index (χ4n) is 1.69. The van der Waals surface area contributed by atoms with E-state index < -0.39 is 0 Å². The zero-order valence-corrected chi connectivity index (χ0v) is 14.8. The van der Waals surface area contributed by atoms with Gasteiger partial charge in [-0.3, -0.25) is 4.79 Å². The topological polar surface area (TPSA) is 43.1 Å². The first-order chi connectivity index (χ1) is 8.91. The number of halogens is 3. The van der Waals surface area contributed by atoms with Crippen LogP contribution < -0.4 is 5.73 Å². The molecule has 0 aliphatic heterocycles. The Morgan fingerprint density at radius 1 is 1.05 bits per heavy atom. The second-order valence-corrected chi connectivity index (χ2v) is 6.62. The van der Waals surface area contributed by atoms with E-state index in [0.29, 0.717) is 21.3 Å². The van der Waals surface area contributed by atoms with Gasteiger partial charge in [0.05, 0.1) is 4.47 Å². The summed E-state index contributed by atoms with van der Waals surface area (Å²) in [6.07, 6.45) is 0. The van der Waals surface area contributed by atoms with Crippen molar-refractivity contribution in [1.82, 2.24) is 0 Å². The number of rotatable bonds is 2. The Morgan fingerprint density at radius 3 is 2.42 bits per heavy atom. The van der Waals surface area contributed by atoms with Gasteiger partial charge in [0.1, 0.15) is 0 Å². The Morgan fingerprint density at radius 2 is 1.74 bits per heavy atom. The molecule has 0 saturated carbocycles. The molecule has 0 saturated heterocycles. The minimum Gasteiger partial charge on any atom is -0.398 e. The Labute approximate surface area is 136 Å². The van der Waals surface area contributed by atoms with E-state index in [4.69, 9.17) is 5.73 Å². The van der Waals surface area contributed by atoms with Crippen LogP contribution in [0.4, 0.5) is 5.69 Å². The van der Waals surface area contributed by atoms with E-state index in [2.05, 4.69) is 47.8 Å². The molecule has 0 radical (unpaired) electrons. The van der Waals surface area contributed by atoms with E-state index in [9.17, 15) is 4.79 Å². The quantitative estimate of drug-likeness (QED) is 0.514. The molecule has 19 heavy (non-hydrogen) atoms. The van der Waals surface area contributed by atoms with Crippen molar-refractivity contribution < 1.29 is 4.79 Å². The average molecular weight is 448 g/mol. The van der Waals surface area contributed by atoms with Gasteiger partial charge in [-0.2, -0.15) is 0 Å². The molecule has 0 heterocycles. The second kappa shape index (κ2) is 5.77. The van der Waals surface area contributed by atoms with Crippen LogP contribution in [-0.2, 0) is 0 Å². The first-order valence-corrected chi connectivity index (χ1v) is 7.84. The number of carbonyl (C=O) groups is 1. The molecule has 2 aromatic rings. The summed E-state index contributed by atoms with van der Waals surface area (Å²) in [5.41, 5.74) is 8.58. The van der Waals surface area contributed by atoms with Crippen molar-refractivity contribution in [3.8, 4) is 0 Å². The lowest BCUT2D eigenvalue weighted by Crippen LogP contribution is -2.05. The summed E-state index contributed by atoms with van der Waals surface area (Å²) in [4.78, 5) is 12.6. The number of ketones is 1. The van der Waals surface area contributed by atoms with Gasteiger partial charge in [0.25, 0.3) is 0 Å². The van der Waals surface area contributed by atoms with Gasteiger partial charge in [-0.05, 0) is 52.7 Å².